The number of hydrogen-bond acceptors (Lipinski definition) is 3. The van der Waals surface area contributed by atoms with E-state index in [-0.39, 0.29) is 25.4 Å². The lowest BCUT2D eigenvalue weighted by Gasteiger charge is -2.10. The lowest BCUT2D eigenvalue weighted by molar-refractivity contribution is -0.138. The summed E-state index contributed by atoms with van der Waals surface area (Å²) in [4.78, 5) is 3.89. The van der Waals surface area contributed by atoms with E-state index in [2.05, 4.69) is 10.1 Å². The summed E-state index contributed by atoms with van der Waals surface area (Å²) in [5, 5.41) is 3.54. The lowest BCUT2D eigenvalue weighted by atomic mass is 10.0. The number of halogens is 3. The van der Waals surface area contributed by atoms with E-state index in [4.69, 9.17) is 4.52 Å². The summed E-state index contributed by atoms with van der Waals surface area (Å²) in [6.07, 6.45) is -4.38. The van der Waals surface area contributed by atoms with Crippen LogP contribution in [0.3, 0.4) is 0 Å². The second-order valence-corrected chi connectivity index (χ2v) is 3.67. The summed E-state index contributed by atoms with van der Waals surface area (Å²) in [5.41, 5.74) is -0.258. The van der Waals surface area contributed by atoms with E-state index in [0.717, 1.165) is 6.07 Å². The third-order valence-corrected chi connectivity index (χ3v) is 2.32. The van der Waals surface area contributed by atoms with E-state index in [1.165, 1.54) is 19.1 Å². The topological polar surface area (TPSA) is 38.9 Å². The minimum atomic E-state index is -4.38. The van der Waals surface area contributed by atoms with Crippen LogP contribution in [0.25, 0.3) is 11.5 Å². The summed E-state index contributed by atoms with van der Waals surface area (Å²) in [7, 11) is 0. The van der Waals surface area contributed by atoms with Gasteiger partial charge in [-0.3, -0.25) is 0 Å². The van der Waals surface area contributed by atoms with E-state index in [1.54, 1.807) is 6.92 Å². The van der Waals surface area contributed by atoms with Crippen molar-refractivity contribution in [3.8, 4) is 11.5 Å². The van der Waals surface area contributed by atoms with Gasteiger partial charge in [0.1, 0.15) is 0 Å². The maximum Gasteiger partial charge on any atom is 0.416 e. The van der Waals surface area contributed by atoms with Gasteiger partial charge in [0.2, 0.25) is 0 Å². The number of hydrogen-bond donors (Lipinski definition) is 0. The van der Waals surface area contributed by atoms with Crippen LogP contribution < -0.4 is 0 Å². The number of rotatable bonds is 1. The van der Waals surface area contributed by atoms with Crippen molar-refractivity contribution in [2.75, 3.05) is 0 Å². The molecule has 3 nitrogen and oxygen atoms in total. The molecule has 2 rings (SSSR count). The fourth-order valence-corrected chi connectivity index (χ4v) is 1.47. The Morgan fingerprint density at radius 3 is 2.15 bits per heavy atom. The second-order valence-electron chi connectivity index (χ2n) is 3.67. The normalized spacial score (nSPS) is 10.3. The number of benzene rings is 1. The first-order valence-electron chi connectivity index (χ1n) is 5.86. The highest BCUT2D eigenvalue weighted by Crippen LogP contribution is 2.34. The molecule has 0 unspecified atom stereocenters. The van der Waals surface area contributed by atoms with Crippen molar-refractivity contribution in [1.29, 1.82) is 0 Å². The zero-order valence-corrected chi connectivity index (χ0v) is 11.7. The average molecular weight is 283 g/mol. The molecule has 0 aliphatic heterocycles. The van der Waals surface area contributed by atoms with Gasteiger partial charge in [-0.2, -0.15) is 18.2 Å². The predicted octanol–water partition coefficient (Wildman–Crippen LogP) is 4.02. The molecule has 0 atom stereocenters. The molecule has 0 N–H and O–H groups in total. The van der Waals surface area contributed by atoms with Gasteiger partial charge in [0.15, 0.2) is 5.82 Å². The molecule has 107 valence electrons. The average Bonchev–Trinajstić information content (AvgIpc) is 2.77. The molecule has 1 heterocycles. The summed E-state index contributed by atoms with van der Waals surface area (Å²) in [5.74, 6) is 0.474. The number of aryl methyl sites for hydroxylation is 2. The van der Waals surface area contributed by atoms with E-state index >= 15 is 0 Å². The summed E-state index contributed by atoms with van der Waals surface area (Å²) < 4.78 is 42.9. The van der Waals surface area contributed by atoms with Crippen LogP contribution in [-0.2, 0) is 6.18 Å². The van der Waals surface area contributed by atoms with Crippen LogP contribution in [-0.4, -0.2) is 18.6 Å². The van der Waals surface area contributed by atoms with Gasteiger partial charge in [-0.1, -0.05) is 25.1 Å². The third-order valence-electron chi connectivity index (χ3n) is 2.32. The predicted molar refractivity (Wildman–Crippen MR) is 71.3 cm³/mol. The third kappa shape index (κ3) is 4.11. The van der Waals surface area contributed by atoms with Crippen LogP contribution in [0.15, 0.2) is 22.7 Å². The Morgan fingerprint density at radius 2 is 1.70 bits per heavy atom. The Hall–Kier alpha value is -1.79. The molecule has 0 saturated carbocycles. The smallest absolute Gasteiger partial charge is 0.334 e. The molecular weight excluding hydrogens is 268 g/mol. The highest BCUT2D eigenvalue weighted by molar-refractivity contribution is 5.75. The Morgan fingerprint density at radius 1 is 1.10 bits per heavy atom. The van der Waals surface area contributed by atoms with Crippen molar-refractivity contribution in [3.05, 3.63) is 35.2 Å². The largest absolute Gasteiger partial charge is 0.416 e. The fraction of sp³-hybridized carbons (Fsp3) is 0.385. The van der Waals surface area contributed by atoms with Gasteiger partial charge >= 0.3 is 6.18 Å². The molecule has 7 heteroatoms. The van der Waals surface area contributed by atoms with Crippen LogP contribution in [0, 0.1) is 13.8 Å². The van der Waals surface area contributed by atoms with Gasteiger partial charge in [-0.15, -0.1) is 0 Å². The molecule has 0 aliphatic carbocycles. The van der Waals surface area contributed by atoms with Crippen molar-refractivity contribution in [2.24, 2.45) is 0 Å². The quantitative estimate of drug-likeness (QED) is 0.742. The van der Waals surface area contributed by atoms with Crippen molar-refractivity contribution in [3.63, 3.8) is 0 Å². The SMILES string of the molecule is CC.Cc1noc(-c2ccc(C)c(C(F)(F)F)c2)n1.[B]. The molecule has 3 radical (unpaired) electrons. The molecule has 0 bridgehead atoms. The summed E-state index contributed by atoms with van der Waals surface area (Å²) >= 11 is 0. The van der Waals surface area contributed by atoms with Gasteiger partial charge in [0.05, 0.1) is 5.56 Å². The molecular formula is C13H15BF3N2O. The van der Waals surface area contributed by atoms with Crippen LogP contribution in [0.2, 0.25) is 0 Å². The Bertz CT molecular complexity index is 553. The number of alkyl halides is 3. The fourth-order valence-electron chi connectivity index (χ4n) is 1.47. The van der Waals surface area contributed by atoms with Gasteiger partial charge in [0.25, 0.3) is 5.89 Å². The van der Waals surface area contributed by atoms with Crippen LogP contribution in [0.1, 0.15) is 30.8 Å². The van der Waals surface area contributed by atoms with E-state index < -0.39 is 11.7 Å². The molecule has 20 heavy (non-hydrogen) atoms. The molecule has 0 aliphatic rings. The number of aromatic nitrogens is 2. The zero-order chi connectivity index (χ0) is 14.6. The molecule has 0 fully saturated rings. The molecule has 1 aromatic carbocycles. The highest BCUT2D eigenvalue weighted by atomic mass is 19.4. The van der Waals surface area contributed by atoms with E-state index in [1.807, 2.05) is 13.8 Å². The zero-order valence-electron chi connectivity index (χ0n) is 11.7. The van der Waals surface area contributed by atoms with Crippen LogP contribution >= 0.6 is 0 Å². The van der Waals surface area contributed by atoms with Gasteiger partial charge < -0.3 is 4.52 Å². The van der Waals surface area contributed by atoms with Crippen molar-refractivity contribution in [2.45, 2.75) is 33.9 Å². The molecule has 0 amide bonds. The standard InChI is InChI=1S/C11H9F3N2O.C2H6.B/c1-6-3-4-8(5-9(6)11(12,13)14)10-15-7(2)16-17-10;1-2;/h3-5H,1-2H3;1-2H3;. The van der Waals surface area contributed by atoms with Gasteiger partial charge in [0, 0.05) is 14.0 Å². The second kappa shape index (κ2) is 7.12. The van der Waals surface area contributed by atoms with E-state index in [9.17, 15) is 13.2 Å². The monoisotopic (exact) mass is 283 g/mol. The van der Waals surface area contributed by atoms with Crippen LogP contribution in [0.4, 0.5) is 13.2 Å². The Kier molecular flexibility index (Phi) is 6.48. The van der Waals surface area contributed by atoms with E-state index in [0.29, 0.717) is 5.82 Å². The molecule has 0 saturated heterocycles. The Labute approximate surface area is 117 Å². The highest BCUT2D eigenvalue weighted by Gasteiger charge is 2.32. The van der Waals surface area contributed by atoms with Crippen LogP contribution in [0.5, 0.6) is 0 Å². The van der Waals surface area contributed by atoms with Crippen molar-refractivity contribution >= 4 is 8.41 Å². The minimum absolute atomic E-state index is 0. The van der Waals surface area contributed by atoms with Crippen molar-refractivity contribution < 1.29 is 17.7 Å². The Balaban J connectivity index is 0.00000115. The molecule has 0 spiro atoms. The first kappa shape index (κ1) is 18.2. The van der Waals surface area contributed by atoms with Crippen molar-refractivity contribution in [1.82, 2.24) is 10.1 Å². The molecule has 1 aromatic heterocycles. The first-order valence-corrected chi connectivity index (χ1v) is 5.86. The maximum atomic E-state index is 12.7. The summed E-state index contributed by atoms with van der Waals surface area (Å²) in [6, 6.07) is 3.93. The lowest BCUT2D eigenvalue weighted by Crippen LogP contribution is -2.07. The maximum absolute atomic E-state index is 12.7. The minimum Gasteiger partial charge on any atom is -0.334 e. The molecule has 2 aromatic rings. The van der Waals surface area contributed by atoms with Gasteiger partial charge in [-0.05, 0) is 31.5 Å². The van der Waals surface area contributed by atoms with Gasteiger partial charge in [-0.25, -0.2) is 0 Å². The first-order chi connectivity index (χ1) is 8.88. The summed E-state index contributed by atoms with van der Waals surface area (Å²) in [6.45, 7) is 7.01. The number of nitrogens with zero attached hydrogens (tertiary/aromatic N) is 2.